The fraction of sp³-hybridized carbons (Fsp3) is 0.176. The van der Waals surface area contributed by atoms with Crippen molar-refractivity contribution in [2.24, 2.45) is 7.05 Å². The van der Waals surface area contributed by atoms with Gasteiger partial charge in [-0.2, -0.15) is 23.1 Å². The molecular formula is C17H11F4N5O2. The third kappa shape index (κ3) is 3.26. The van der Waals surface area contributed by atoms with Crippen molar-refractivity contribution < 1.29 is 26.8 Å². The quantitative estimate of drug-likeness (QED) is 0.492. The summed E-state index contributed by atoms with van der Waals surface area (Å²) in [5, 5.41) is 3.18. The molecule has 0 saturated heterocycles. The third-order valence-corrected chi connectivity index (χ3v) is 3.93. The summed E-state index contributed by atoms with van der Waals surface area (Å²) in [6, 6.07) is 7.77. The highest BCUT2D eigenvalue weighted by molar-refractivity contribution is 5.71. The summed E-state index contributed by atoms with van der Waals surface area (Å²) in [4.78, 5) is 11.5. The molecule has 0 fully saturated rings. The Morgan fingerprint density at radius 1 is 1.18 bits per heavy atom. The van der Waals surface area contributed by atoms with Crippen LogP contribution >= 0.6 is 0 Å². The first-order chi connectivity index (χ1) is 13.3. The van der Waals surface area contributed by atoms with E-state index < -0.39 is 23.7 Å². The summed E-state index contributed by atoms with van der Waals surface area (Å²) < 4.78 is 63.4. The van der Waals surface area contributed by atoms with Crippen LogP contribution in [-0.2, 0) is 19.8 Å². The van der Waals surface area contributed by atoms with E-state index in [1.807, 2.05) is 6.07 Å². The molecule has 144 valence electrons. The molecule has 1 aromatic carbocycles. The number of hydrogen-bond acceptors (Lipinski definition) is 6. The molecule has 4 aromatic rings. The Hall–Kier alpha value is -3.50. The van der Waals surface area contributed by atoms with Crippen molar-refractivity contribution in [2.75, 3.05) is 0 Å². The summed E-state index contributed by atoms with van der Waals surface area (Å²) in [7, 11) is 1.75. The molecule has 0 unspecified atom stereocenters. The number of halogens is 4. The van der Waals surface area contributed by atoms with Crippen LogP contribution in [0, 0.1) is 5.82 Å². The largest absolute Gasteiger partial charge is 0.471 e. The van der Waals surface area contributed by atoms with E-state index in [0.717, 1.165) is 11.6 Å². The van der Waals surface area contributed by atoms with E-state index in [9.17, 15) is 17.6 Å². The zero-order valence-corrected chi connectivity index (χ0v) is 14.2. The number of fused-ring (bicyclic) bond motifs is 1. The summed E-state index contributed by atoms with van der Waals surface area (Å²) in [5.41, 5.74) is 1.52. The first kappa shape index (κ1) is 17.9. The molecule has 4 rings (SSSR count). The van der Waals surface area contributed by atoms with E-state index >= 15 is 0 Å². The maximum atomic E-state index is 14.3. The third-order valence-electron chi connectivity index (χ3n) is 3.93. The Morgan fingerprint density at radius 3 is 2.68 bits per heavy atom. The van der Waals surface area contributed by atoms with Crippen LogP contribution in [0.4, 0.5) is 17.6 Å². The minimum Gasteiger partial charge on any atom is -0.460 e. The average Bonchev–Trinajstić information content (AvgIpc) is 3.26. The monoisotopic (exact) mass is 393 g/mol. The van der Waals surface area contributed by atoms with Gasteiger partial charge in [-0.25, -0.2) is 9.37 Å². The lowest BCUT2D eigenvalue weighted by molar-refractivity contribution is -0.159. The molecule has 0 bridgehead atoms. The first-order valence-corrected chi connectivity index (χ1v) is 7.93. The number of aryl methyl sites for hydroxylation is 1. The van der Waals surface area contributed by atoms with Crippen LogP contribution in [0.2, 0.25) is 0 Å². The van der Waals surface area contributed by atoms with Gasteiger partial charge in [0.25, 0.3) is 6.01 Å². The highest BCUT2D eigenvalue weighted by atomic mass is 19.4. The van der Waals surface area contributed by atoms with Crippen LogP contribution in [-0.4, -0.2) is 24.7 Å². The highest BCUT2D eigenvalue weighted by Crippen LogP contribution is 2.30. The van der Waals surface area contributed by atoms with Gasteiger partial charge in [-0.3, -0.25) is 4.57 Å². The number of benzene rings is 1. The predicted molar refractivity (Wildman–Crippen MR) is 87.5 cm³/mol. The molecule has 0 N–H and O–H groups in total. The second kappa shape index (κ2) is 6.59. The topological polar surface area (TPSA) is 78.9 Å². The first-order valence-electron chi connectivity index (χ1n) is 7.93. The average molecular weight is 393 g/mol. The Balaban J connectivity index is 1.53. The molecule has 0 amide bonds. The van der Waals surface area contributed by atoms with Crippen molar-refractivity contribution >= 4 is 11.2 Å². The van der Waals surface area contributed by atoms with E-state index in [1.165, 1.54) is 12.1 Å². The van der Waals surface area contributed by atoms with Gasteiger partial charge in [-0.05, 0) is 29.8 Å². The number of imidazole rings is 1. The standard InChI is InChI=1S/C17H11F4N5O2/c1-26-12-3-2-6-22-14(12)24-16(26)27-8-9-4-5-10(11(18)7-9)13-23-15(28-25-13)17(19,20)21/h2-7H,8H2,1H3. The number of alkyl halides is 3. The summed E-state index contributed by atoms with van der Waals surface area (Å²) >= 11 is 0. The number of ether oxygens (including phenoxy) is 1. The van der Waals surface area contributed by atoms with Crippen LogP contribution in [0.3, 0.4) is 0 Å². The molecule has 0 aliphatic carbocycles. The SMILES string of the molecule is Cn1c(OCc2ccc(-c3noc(C(F)(F)F)n3)c(F)c2)nc2ncccc21. The van der Waals surface area contributed by atoms with Crippen molar-refractivity contribution in [3.8, 4) is 17.4 Å². The van der Waals surface area contributed by atoms with Gasteiger partial charge < -0.3 is 9.26 Å². The molecule has 3 heterocycles. The van der Waals surface area contributed by atoms with Crippen LogP contribution in [0.15, 0.2) is 41.1 Å². The minimum absolute atomic E-state index is 0.00555. The predicted octanol–water partition coefficient (Wildman–Crippen LogP) is 3.76. The van der Waals surface area contributed by atoms with Crippen molar-refractivity contribution in [3.63, 3.8) is 0 Å². The van der Waals surface area contributed by atoms with Crippen LogP contribution < -0.4 is 4.74 Å². The van der Waals surface area contributed by atoms with E-state index in [2.05, 4.69) is 24.6 Å². The molecule has 3 aromatic heterocycles. The normalized spacial score (nSPS) is 11.9. The molecule has 0 atom stereocenters. The molecule has 7 nitrogen and oxygen atoms in total. The van der Waals surface area contributed by atoms with Crippen molar-refractivity contribution in [3.05, 3.63) is 53.8 Å². The molecule has 0 aliphatic heterocycles. The van der Waals surface area contributed by atoms with Crippen molar-refractivity contribution in [1.82, 2.24) is 24.7 Å². The van der Waals surface area contributed by atoms with Crippen LogP contribution in [0.1, 0.15) is 11.5 Å². The maximum Gasteiger partial charge on any atom is 0.471 e. The number of rotatable bonds is 4. The molecule has 11 heteroatoms. The van der Waals surface area contributed by atoms with Crippen molar-refractivity contribution in [1.29, 1.82) is 0 Å². The van der Waals surface area contributed by atoms with Gasteiger partial charge in [0.2, 0.25) is 5.82 Å². The Labute approximate surface area is 154 Å². The Bertz CT molecular complexity index is 1150. The summed E-state index contributed by atoms with van der Waals surface area (Å²) in [6.45, 7) is -0.00555. The van der Waals surface area contributed by atoms with E-state index in [0.29, 0.717) is 17.2 Å². The van der Waals surface area contributed by atoms with Gasteiger partial charge in [-0.15, -0.1) is 0 Å². The van der Waals surface area contributed by atoms with E-state index in [1.54, 1.807) is 23.9 Å². The minimum atomic E-state index is -4.80. The second-order valence-electron chi connectivity index (χ2n) is 5.82. The number of pyridine rings is 1. The lowest BCUT2D eigenvalue weighted by Gasteiger charge is -2.07. The fourth-order valence-electron chi connectivity index (χ4n) is 2.56. The zero-order valence-electron chi connectivity index (χ0n) is 14.2. The van der Waals surface area contributed by atoms with E-state index in [-0.39, 0.29) is 12.2 Å². The lowest BCUT2D eigenvalue weighted by atomic mass is 10.1. The molecule has 0 spiro atoms. The number of nitrogens with zero attached hydrogens (tertiary/aromatic N) is 5. The van der Waals surface area contributed by atoms with Gasteiger partial charge in [0.1, 0.15) is 12.4 Å². The van der Waals surface area contributed by atoms with Crippen LogP contribution in [0.25, 0.3) is 22.6 Å². The van der Waals surface area contributed by atoms with Crippen molar-refractivity contribution in [2.45, 2.75) is 12.8 Å². The molecule has 28 heavy (non-hydrogen) atoms. The second-order valence-corrected chi connectivity index (χ2v) is 5.82. The molecule has 0 radical (unpaired) electrons. The van der Waals surface area contributed by atoms with Gasteiger partial charge in [0.15, 0.2) is 5.65 Å². The number of aromatic nitrogens is 5. The van der Waals surface area contributed by atoms with Gasteiger partial charge in [-0.1, -0.05) is 11.2 Å². The van der Waals surface area contributed by atoms with Gasteiger partial charge in [0, 0.05) is 13.2 Å². The highest BCUT2D eigenvalue weighted by Gasteiger charge is 2.38. The molecular weight excluding hydrogens is 382 g/mol. The smallest absolute Gasteiger partial charge is 0.460 e. The summed E-state index contributed by atoms with van der Waals surface area (Å²) in [5.74, 6) is -2.83. The lowest BCUT2D eigenvalue weighted by Crippen LogP contribution is -2.05. The summed E-state index contributed by atoms with van der Waals surface area (Å²) in [6.07, 6.45) is -3.19. The van der Waals surface area contributed by atoms with Crippen LogP contribution in [0.5, 0.6) is 6.01 Å². The Kier molecular flexibility index (Phi) is 4.21. The Morgan fingerprint density at radius 2 is 2.00 bits per heavy atom. The van der Waals surface area contributed by atoms with Gasteiger partial charge >= 0.3 is 12.1 Å². The number of hydrogen-bond donors (Lipinski definition) is 0. The zero-order chi connectivity index (χ0) is 19.9. The van der Waals surface area contributed by atoms with Gasteiger partial charge in [0.05, 0.1) is 11.1 Å². The molecule has 0 saturated carbocycles. The van der Waals surface area contributed by atoms with E-state index in [4.69, 9.17) is 4.74 Å². The fourth-order valence-corrected chi connectivity index (χ4v) is 2.56. The molecule has 0 aliphatic rings. The maximum absolute atomic E-state index is 14.3.